The number of likely N-dealkylation sites (N-methyl/N-ethyl adjacent to an activating group) is 1. The second-order valence-electron chi connectivity index (χ2n) is 2.84. The molecule has 0 saturated carbocycles. The van der Waals surface area contributed by atoms with Crippen molar-refractivity contribution in [1.29, 1.82) is 0 Å². The van der Waals surface area contributed by atoms with Gasteiger partial charge in [0.05, 0.1) is 0 Å². The number of hydrogen-bond acceptors (Lipinski definition) is 1. The van der Waals surface area contributed by atoms with E-state index in [0.717, 1.165) is 24.4 Å². The van der Waals surface area contributed by atoms with Crippen LogP contribution in [0.25, 0.3) is 0 Å². The SMILES string of the molecule is C=C(C)/C=C\C(=C)N(CC)CC. The molecule has 1 nitrogen and oxygen atoms in total. The Hall–Kier alpha value is -0.980. The zero-order valence-corrected chi connectivity index (χ0v) is 8.43. The van der Waals surface area contributed by atoms with Gasteiger partial charge in [0, 0.05) is 18.8 Å². The molecule has 0 aliphatic heterocycles. The van der Waals surface area contributed by atoms with Crippen LogP contribution in [0.4, 0.5) is 0 Å². The topological polar surface area (TPSA) is 3.24 Å². The van der Waals surface area contributed by atoms with Crippen molar-refractivity contribution in [2.75, 3.05) is 13.1 Å². The molecule has 0 aromatic carbocycles. The summed E-state index contributed by atoms with van der Waals surface area (Å²) < 4.78 is 0. The van der Waals surface area contributed by atoms with E-state index in [9.17, 15) is 0 Å². The highest BCUT2D eigenvalue weighted by Gasteiger charge is 1.96. The normalized spacial score (nSPS) is 10.2. The maximum absolute atomic E-state index is 3.97. The summed E-state index contributed by atoms with van der Waals surface area (Å²) in [7, 11) is 0. The van der Waals surface area contributed by atoms with Crippen LogP contribution in [-0.4, -0.2) is 18.0 Å². The Morgan fingerprint density at radius 3 is 2.00 bits per heavy atom. The molecule has 0 aliphatic rings. The molecule has 0 unspecified atom stereocenters. The molecule has 0 radical (unpaired) electrons. The first kappa shape index (κ1) is 11.0. The molecule has 0 atom stereocenters. The molecule has 0 bridgehead atoms. The molecule has 0 aliphatic carbocycles. The lowest BCUT2D eigenvalue weighted by Gasteiger charge is -2.20. The van der Waals surface area contributed by atoms with Gasteiger partial charge in [0.1, 0.15) is 0 Å². The quantitative estimate of drug-likeness (QED) is 0.566. The molecule has 0 fully saturated rings. The van der Waals surface area contributed by atoms with Gasteiger partial charge < -0.3 is 4.90 Å². The van der Waals surface area contributed by atoms with E-state index in [1.807, 2.05) is 19.1 Å². The summed E-state index contributed by atoms with van der Waals surface area (Å²) in [5.74, 6) is 0. The van der Waals surface area contributed by atoms with Gasteiger partial charge >= 0.3 is 0 Å². The molecule has 0 amide bonds. The van der Waals surface area contributed by atoms with Gasteiger partial charge in [-0.25, -0.2) is 0 Å². The first-order valence-corrected chi connectivity index (χ1v) is 4.39. The van der Waals surface area contributed by atoms with Gasteiger partial charge in [-0.15, -0.1) is 0 Å². The van der Waals surface area contributed by atoms with Crippen molar-refractivity contribution in [1.82, 2.24) is 4.90 Å². The van der Waals surface area contributed by atoms with Gasteiger partial charge in [-0.1, -0.05) is 24.8 Å². The molecule has 0 rings (SSSR count). The highest BCUT2D eigenvalue weighted by Crippen LogP contribution is 2.03. The van der Waals surface area contributed by atoms with Crippen molar-refractivity contribution < 1.29 is 0 Å². The zero-order valence-electron chi connectivity index (χ0n) is 8.43. The third-order valence-electron chi connectivity index (χ3n) is 1.73. The summed E-state index contributed by atoms with van der Waals surface area (Å²) in [6.45, 7) is 16.0. The van der Waals surface area contributed by atoms with Gasteiger partial charge in [0.15, 0.2) is 0 Å². The average molecular weight is 165 g/mol. The average Bonchev–Trinajstić information content (AvgIpc) is 2.03. The molecule has 1 heteroatoms. The van der Waals surface area contributed by atoms with Gasteiger partial charge in [0.25, 0.3) is 0 Å². The molecule has 0 aromatic heterocycles. The second kappa shape index (κ2) is 5.64. The fourth-order valence-corrected chi connectivity index (χ4v) is 0.974. The summed E-state index contributed by atoms with van der Waals surface area (Å²) >= 11 is 0. The van der Waals surface area contributed by atoms with Gasteiger partial charge in [-0.05, 0) is 26.8 Å². The Balaban J connectivity index is 4.10. The lowest BCUT2D eigenvalue weighted by atomic mass is 10.3. The van der Waals surface area contributed by atoms with Crippen LogP contribution in [0, 0.1) is 0 Å². The number of hydrogen-bond donors (Lipinski definition) is 0. The smallest absolute Gasteiger partial charge is 0.0293 e. The first-order chi connectivity index (χ1) is 5.61. The van der Waals surface area contributed by atoms with Crippen LogP contribution in [0.5, 0.6) is 0 Å². The minimum Gasteiger partial charge on any atom is -0.373 e. The van der Waals surface area contributed by atoms with E-state index in [-0.39, 0.29) is 0 Å². The minimum absolute atomic E-state index is 1.01. The summed E-state index contributed by atoms with van der Waals surface area (Å²) in [4.78, 5) is 2.21. The first-order valence-electron chi connectivity index (χ1n) is 4.39. The Bertz CT molecular complexity index is 185. The van der Waals surface area contributed by atoms with E-state index in [0.29, 0.717) is 0 Å². The van der Waals surface area contributed by atoms with Crippen LogP contribution in [0.2, 0.25) is 0 Å². The van der Waals surface area contributed by atoms with Crippen LogP contribution in [0.3, 0.4) is 0 Å². The van der Waals surface area contributed by atoms with Crippen molar-refractivity contribution >= 4 is 0 Å². The fraction of sp³-hybridized carbons (Fsp3) is 0.455. The van der Waals surface area contributed by atoms with Crippen LogP contribution in [-0.2, 0) is 0 Å². The van der Waals surface area contributed by atoms with Crippen molar-refractivity contribution in [2.24, 2.45) is 0 Å². The van der Waals surface area contributed by atoms with E-state index < -0.39 is 0 Å². The van der Waals surface area contributed by atoms with Crippen molar-refractivity contribution in [3.63, 3.8) is 0 Å². The largest absolute Gasteiger partial charge is 0.373 e. The number of nitrogens with zero attached hydrogens (tertiary/aromatic N) is 1. The Labute approximate surface area is 76.1 Å². The Morgan fingerprint density at radius 2 is 1.67 bits per heavy atom. The Kier molecular flexibility index (Phi) is 5.18. The Morgan fingerprint density at radius 1 is 1.17 bits per heavy atom. The molecule has 12 heavy (non-hydrogen) atoms. The molecule has 0 spiro atoms. The summed E-state index contributed by atoms with van der Waals surface area (Å²) in [6.07, 6.45) is 4.00. The monoisotopic (exact) mass is 165 g/mol. The van der Waals surface area contributed by atoms with Gasteiger partial charge in [-0.3, -0.25) is 0 Å². The molecule has 0 saturated heterocycles. The standard InChI is InChI=1S/C11H19N/c1-6-12(7-2)11(5)9-8-10(3)4/h8-9H,3,5-7H2,1-2,4H3/b9-8-. The number of allylic oxidation sites excluding steroid dienone is 3. The lowest BCUT2D eigenvalue weighted by molar-refractivity contribution is 0.396. The predicted molar refractivity (Wildman–Crippen MR) is 56.0 cm³/mol. The van der Waals surface area contributed by atoms with E-state index >= 15 is 0 Å². The van der Waals surface area contributed by atoms with E-state index in [4.69, 9.17) is 0 Å². The summed E-state index contributed by atoms with van der Waals surface area (Å²) in [5, 5.41) is 0. The van der Waals surface area contributed by atoms with Crippen LogP contribution in [0.1, 0.15) is 20.8 Å². The van der Waals surface area contributed by atoms with Crippen LogP contribution in [0.15, 0.2) is 36.6 Å². The van der Waals surface area contributed by atoms with Crippen LogP contribution >= 0.6 is 0 Å². The molecular weight excluding hydrogens is 146 g/mol. The third-order valence-corrected chi connectivity index (χ3v) is 1.73. The predicted octanol–water partition coefficient (Wildman–Crippen LogP) is 2.97. The highest BCUT2D eigenvalue weighted by molar-refractivity contribution is 5.22. The van der Waals surface area contributed by atoms with Gasteiger partial charge in [-0.2, -0.15) is 0 Å². The van der Waals surface area contributed by atoms with Crippen molar-refractivity contribution in [2.45, 2.75) is 20.8 Å². The molecule has 0 aromatic rings. The highest BCUT2D eigenvalue weighted by atomic mass is 15.1. The molecule has 0 N–H and O–H groups in total. The van der Waals surface area contributed by atoms with E-state index in [2.05, 4.69) is 31.9 Å². The maximum atomic E-state index is 3.97. The summed E-state index contributed by atoms with van der Waals surface area (Å²) in [5.41, 5.74) is 2.12. The van der Waals surface area contributed by atoms with Gasteiger partial charge in [0.2, 0.25) is 0 Å². The second-order valence-corrected chi connectivity index (χ2v) is 2.84. The summed E-state index contributed by atoms with van der Waals surface area (Å²) in [6, 6.07) is 0. The molecule has 68 valence electrons. The fourth-order valence-electron chi connectivity index (χ4n) is 0.974. The number of rotatable bonds is 5. The third kappa shape index (κ3) is 4.02. The van der Waals surface area contributed by atoms with E-state index in [1.54, 1.807) is 0 Å². The lowest BCUT2D eigenvalue weighted by Crippen LogP contribution is -2.20. The zero-order chi connectivity index (χ0) is 9.56. The van der Waals surface area contributed by atoms with Crippen LogP contribution < -0.4 is 0 Å². The van der Waals surface area contributed by atoms with Crippen molar-refractivity contribution in [3.05, 3.63) is 36.6 Å². The van der Waals surface area contributed by atoms with E-state index in [1.165, 1.54) is 0 Å². The molecular formula is C11H19N. The van der Waals surface area contributed by atoms with Crippen molar-refractivity contribution in [3.8, 4) is 0 Å². The molecule has 0 heterocycles. The minimum atomic E-state index is 1.01. The maximum Gasteiger partial charge on any atom is 0.0293 e.